The van der Waals surface area contributed by atoms with Gasteiger partial charge in [0.15, 0.2) is 23.9 Å². The number of hydrogen-bond acceptors (Lipinski definition) is 7. The van der Waals surface area contributed by atoms with Gasteiger partial charge < -0.3 is 24.0 Å². The Morgan fingerprint density at radius 1 is 0.889 bits per heavy atom. The molecule has 1 saturated heterocycles. The lowest BCUT2D eigenvalue weighted by atomic mass is 10.0. The van der Waals surface area contributed by atoms with Crippen LogP contribution in [0.15, 0.2) is 48.5 Å². The number of carbonyl (C=O) groups excluding carboxylic acids is 1. The number of nitrogens with zero attached hydrogens (tertiary/aromatic N) is 4. The average Bonchev–Trinajstić information content (AvgIpc) is 2.91. The molecule has 0 N–H and O–H groups in total. The topological polar surface area (TPSA) is 77.0 Å². The normalized spacial score (nSPS) is 13.6. The van der Waals surface area contributed by atoms with E-state index < -0.39 is 0 Å². The molecule has 190 valence electrons. The summed E-state index contributed by atoms with van der Waals surface area (Å²) in [6, 6.07) is 15.7. The largest absolute Gasteiger partial charge is 0.493 e. The summed E-state index contributed by atoms with van der Waals surface area (Å²) in [6.45, 7) is 8.95. The Morgan fingerprint density at radius 2 is 1.64 bits per heavy atom. The first-order valence-corrected chi connectivity index (χ1v) is 12.2. The maximum atomic E-state index is 12.8. The van der Waals surface area contributed by atoms with Crippen molar-refractivity contribution in [2.45, 2.75) is 26.7 Å². The van der Waals surface area contributed by atoms with E-state index in [1.165, 1.54) is 0 Å². The molecule has 3 aromatic rings. The first-order valence-electron chi connectivity index (χ1n) is 12.2. The summed E-state index contributed by atoms with van der Waals surface area (Å²) in [5.41, 5.74) is 3.89. The lowest BCUT2D eigenvalue weighted by molar-refractivity contribution is -0.133. The first-order chi connectivity index (χ1) is 17.4. The fourth-order valence-corrected chi connectivity index (χ4v) is 4.30. The van der Waals surface area contributed by atoms with Gasteiger partial charge in [0, 0.05) is 31.7 Å². The van der Waals surface area contributed by atoms with Gasteiger partial charge in [-0.1, -0.05) is 26.0 Å². The molecular formula is C28H34N4O4. The van der Waals surface area contributed by atoms with Crippen molar-refractivity contribution in [2.24, 2.45) is 0 Å². The molecule has 1 aliphatic rings. The van der Waals surface area contributed by atoms with Crippen LogP contribution < -0.4 is 19.1 Å². The van der Waals surface area contributed by atoms with E-state index in [0.717, 1.165) is 34.0 Å². The maximum absolute atomic E-state index is 12.8. The Morgan fingerprint density at radius 3 is 2.28 bits per heavy atom. The molecule has 1 aliphatic heterocycles. The zero-order chi connectivity index (χ0) is 25.7. The Balaban J connectivity index is 1.33. The number of benzene rings is 2. The van der Waals surface area contributed by atoms with E-state index in [1.54, 1.807) is 14.2 Å². The standard InChI is InChI=1S/C28H34N4O4/c1-19(2)22-8-6-20(3)16-25(22)36-18-28(33)32-14-12-31(13-15-32)27-11-9-23(29-30-27)21-7-10-24(34-4)26(17-21)35-5/h6-11,16-17,19H,12-15,18H2,1-5H3. The molecule has 2 aromatic carbocycles. The van der Waals surface area contributed by atoms with Crippen LogP contribution in [0.25, 0.3) is 11.3 Å². The van der Waals surface area contributed by atoms with Crippen LogP contribution in [-0.2, 0) is 4.79 Å². The number of aryl methyl sites for hydroxylation is 1. The minimum atomic E-state index is 0.000692. The third-order valence-electron chi connectivity index (χ3n) is 6.43. The Kier molecular flexibility index (Phi) is 7.93. The van der Waals surface area contributed by atoms with Gasteiger partial charge in [-0.15, -0.1) is 10.2 Å². The van der Waals surface area contributed by atoms with E-state index in [9.17, 15) is 4.79 Å². The Bertz CT molecular complexity index is 1190. The molecule has 2 heterocycles. The van der Waals surface area contributed by atoms with Crippen molar-refractivity contribution in [3.05, 3.63) is 59.7 Å². The van der Waals surface area contributed by atoms with Gasteiger partial charge in [0.1, 0.15) is 5.75 Å². The highest BCUT2D eigenvalue weighted by Crippen LogP contribution is 2.32. The van der Waals surface area contributed by atoms with Gasteiger partial charge in [0.2, 0.25) is 0 Å². The van der Waals surface area contributed by atoms with Crippen LogP contribution >= 0.6 is 0 Å². The van der Waals surface area contributed by atoms with E-state index in [2.05, 4.69) is 41.1 Å². The molecule has 8 nitrogen and oxygen atoms in total. The monoisotopic (exact) mass is 490 g/mol. The first kappa shape index (κ1) is 25.3. The zero-order valence-corrected chi connectivity index (χ0v) is 21.7. The van der Waals surface area contributed by atoms with Gasteiger partial charge >= 0.3 is 0 Å². The molecular weight excluding hydrogens is 456 g/mol. The van der Waals surface area contributed by atoms with Crippen molar-refractivity contribution in [2.75, 3.05) is 51.9 Å². The Labute approximate surface area is 212 Å². The number of anilines is 1. The van der Waals surface area contributed by atoms with Crippen molar-refractivity contribution < 1.29 is 19.0 Å². The third-order valence-corrected chi connectivity index (χ3v) is 6.43. The molecule has 8 heteroatoms. The van der Waals surface area contributed by atoms with Crippen molar-refractivity contribution in [1.82, 2.24) is 15.1 Å². The molecule has 0 aliphatic carbocycles. The van der Waals surface area contributed by atoms with Gasteiger partial charge in [-0.2, -0.15) is 0 Å². The second-order valence-corrected chi connectivity index (χ2v) is 9.20. The summed E-state index contributed by atoms with van der Waals surface area (Å²) in [7, 11) is 3.22. The van der Waals surface area contributed by atoms with E-state index in [-0.39, 0.29) is 12.5 Å². The summed E-state index contributed by atoms with van der Waals surface area (Å²) in [5.74, 6) is 3.24. The highest BCUT2D eigenvalue weighted by atomic mass is 16.5. The van der Waals surface area contributed by atoms with Crippen molar-refractivity contribution in [3.63, 3.8) is 0 Å². The lowest BCUT2D eigenvalue weighted by Crippen LogP contribution is -2.50. The molecule has 1 aromatic heterocycles. The summed E-state index contributed by atoms with van der Waals surface area (Å²) in [5, 5.41) is 8.85. The number of aromatic nitrogens is 2. The quantitative estimate of drug-likeness (QED) is 0.465. The number of hydrogen-bond donors (Lipinski definition) is 0. The van der Waals surface area contributed by atoms with Crippen molar-refractivity contribution in [3.8, 4) is 28.5 Å². The van der Waals surface area contributed by atoms with Gasteiger partial charge in [0.05, 0.1) is 19.9 Å². The second-order valence-electron chi connectivity index (χ2n) is 9.20. The smallest absolute Gasteiger partial charge is 0.260 e. The van der Waals surface area contributed by atoms with Crippen LogP contribution in [0.2, 0.25) is 0 Å². The van der Waals surface area contributed by atoms with Gasteiger partial charge in [-0.25, -0.2) is 0 Å². The van der Waals surface area contributed by atoms with E-state index in [4.69, 9.17) is 14.2 Å². The molecule has 36 heavy (non-hydrogen) atoms. The fourth-order valence-electron chi connectivity index (χ4n) is 4.30. The molecule has 0 unspecified atom stereocenters. The van der Waals surface area contributed by atoms with Crippen LogP contribution in [0.3, 0.4) is 0 Å². The maximum Gasteiger partial charge on any atom is 0.260 e. The number of methoxy groups -OCH3 is 2. The number of rotatable bonds is 8. The summed E-state index contributed by atoms with van der Waals surface area (Å²) in [4.78, 5) is 16.8. The van der Waals surface area contributed by atoms with E-state index >= 15 is 0 Å². The van der Waals surface area contributed by atoms with Crippen LogP contribution in [0.5, 0.6) is 17.2 Å². The molecule has 0 radical (unpaired) electrons. The van der Waals surface area contributed by atoms with Gasteiger partial charge in [-0.3, -0.25) is 4.79 Å². The summed E-state index contributed by atoms with van der Waals surface area (Å²) < 4.78 is 16.6. The molecule has 0 saturated carbocycles. The third kappa shape index (κ3) is 5.70. The Hall–Kier alpha value is -3.81. The van der Waals surface area contributed by atoms with Crippen LogP contribution in [-0.4, -0.2) is 68.0 Å². The average molecular weight is 491 g/mol. The summed E-state index contributed by atoms with van der Waals surface area (Å²) in [6.07, 6.45) is 0. The van der Waals surface area contributed by atoms with Gasteiger partial charge in [0.25, 0.3) is 5.91 Å². The van der Waals surface area contributed by atoms with Crippen LogP contribution in [0.1, 0.15) is 30.9 Å². The fraction of sp³-hybridized carbons (Fsp3) is 0.393. The summed E-state index contributed by atoms with van der Waals surface area (Å²) >= 11 is 0. The van der Waals surface area contributed by atoms with Crippen molar-refractivity contribution >= 4 is 11.7 Å². The van der Waals surface area contributed by atoms with Crippen molar-refractivity contribution in [1.29, 1.82) is 0 Å². The van der Waals surface area contributed by atoms with E-state index in [0.29, 0.717) is 43.6 Å². The molecule has 0 bridgehead atoms. The molecule has 4 rings (SSSR count). The SMILES string of the molecule is COc1ccc(-c2ccc(N3CCN(C(=O)COc4cc(C)ccc4C(C)C)CC3)nn2)cc1OC. The minimum Gasteiger partial charge on any atom is -0.493 e. The molecule has 1 amide bonds. The predicted molar refractivity (Wildman–Crippen MR) is 140 cm³/mol. The highest BCUT2D eigenvalue weighted by molar-refractivity contribution is 5.78. The van der Waals surface area contributed by atoms with Gasteiger partial charge in [-0.05, 0) is 60.4 Å². The van der Waals surface area contributed by atoms with Crippen LogP contribution in [0, 0.1) is 6.92 Å². The minimum absolute atomic E-state index is 0.000692. The number of amides is 1. The highest BCUT2D eigenvalue weighted by Gasteiger charge is 2.23. The molecule has 0 spiro atoms. The van der Waals surface area contributed by atoms with E-state index in [1.807, 2.05) is 48.2 Å². The number of ether oxygens (including phenoxy) is 3. The lowest BCUT2D eigenvalue weighted by Gasteiger charge is -2.35. The number of piperazine rings is 1. The zero-order valence-electron chi connectivity index (χ0n) is 21.7. The second kappa shape index (κ2) is 11.3. The predicted octanol–water partition coefficient (Wildman–Crippen LogP) is 4.32. The molecule has 1 fully saturated rings. The number of carbonyl (C=O) groups is 1. The van der Waals surface area contributed by atoms with Crippen LogP contribution in [0.4, 0.5) is 5.82 Å². The molecule has 0 atom stereocenters.